The molecule has 1 aliphatic rings. The monoisotopic (exact) mass is 368 g/mol. The summed E-state index contributed by atoms with van der Waals surface area (Å²) in [5, 5.41) is 0. The Morgan fingerprint density at radius 3 is 2.64 bits per heavy atom. The maximum atomic E-state index is 11.4. The lowest BCUT2D eigenvalue weighted by molar-refractivity contribution is -0.143. The van der Waals surface area contributed by atoms with E-state index in [-0.39, 0.29) is 5.97 Å². The number of hydrogen-bond acceptors (Lipinski definition) is 3. The second-order valence-corrected chi connectivity index (χ2v) is 6.87. The van der Waals surface area contributed by atoms with E-state index in [1.165, 1.54) is 5.56 Å². The lowest BCUT2D eigenvalue weighted by Crippen LogP contribution is -2.24. The van der Waals surface area contributed by atoms with Crippen LogP contribution in [0.25, 0.3) is 0 Å². The molecule has 0 unspecified atom stereocenters. The van der Waals surface area contributed by atoms with Gasteiger partial charge < -0.3 is 9.47 Å². The summed E-state index contributed by atoms with van der Waals surface area (Å²) in [7, 11) is 0. The molecule has 0 bridgehead atoms. The van der Waals surface area contributed by atoms with Gasteiger partial charge in [0.2, 0.25) is 0 Å². The molecule has 22 heavy (non-hydrogen) atoms. The van der Waals surface area contributed by atoms with Crippen LogP contribution in [0.4, 0.5) is 0 Å². The highest BCUT2D eigenvalue weighted by molar-refractivity contribution is 9.10. The van der Waals surface area contributed by atoms with Crippen molar-refractivity contribution in [3.05, 3.63) is 28.2 Å². The first-order valence-corrected chi connectivity index (χ1v) is 8.96. The van der Waals surface area contributed by atoms with Gasteiger partial charge in [0, 0.05) is 10.9 Å². The number of halogens is 1. The van der Waals surface area contributed by atoms with Crippen LogP contribution >= 0.6 is 15.9 Å². The SMILES string of the molecule is CCOC(=O)CCC1CCC(Oc2ccc(Br)c(C)c2)CC1. The summed E-state index contributed by atoms with van der Waals surface area (Å²) in [4.78, 5) is 11.4. The van der Waals surface area contributed by atoms with Crippen LogP contribution < -0.4 is 4.74 Å². The molecule has 1 fully saturated rings. The predicted molar refractivity (Wildman–Crippen MR) is 91.1 cm³/mol. The van der Waals surface area contributed by atoms with E-state index in [2.05, 4.69) is 28.9 Å². The second kappa shape index (κ2) is 8.56. The zero-order valence-corrected chi connectivity index (χ0v) is 15.0. The van der Waals surface area contributed by atoms with Crippen molar-refractivity contribution >= 4 is 21.9 Å². The van der Waals surface area contributed by atoms with Gasteiger partial charge in [0.15, 0.2) is 0 Å². The fourth-order valence-electron chi connectivity index (χ4n) is 2.98. The number of aryl methyl sites for hydroxylation is 1. The molecule has 0 atom stereocenters. The lowest BCUT2D eigenvalue weighted by Gasteiger charge is -2.29. The molecule has 1 saturated carbocycles. The third-order valence-corrected chi connectivity index (χ3v) is 5.18. The molecule has 0 N–H and O–H groups in total. The van der Waals surface area contributed by atoms with E-state index < -0.39 is 0 Å². The van der Waals surface area contributed by atoms with Gasteiger partial charge in [-0.25, -0.2) is 0 Å². The molecular weight excluding hydrogens is 344 g/mol. The molecular formula is C18H25BrO3. The number of esters is 1. The number of carbonyl (C=O) groups is 1. The minimum atomic E-state index is -0.0637. The summed E-state index contributed by atoms with van der Waals surface area (Å²) in [6.45, 7) is 4.40. The van der Waals surface area contributed by atoms with Crippen molar-refractivity contribution in [3.63, 3.8) is 0 Å². The van der Waals surface area contributed by atoms with Crippen LogP contribution in [0, 0.1) is 12.8 Å². The number of hydrogen-bond donors (Lipinski definition) is 0. The number of carbonyl (C=O) groups excluding carboxylic acids is 1. The Bertz CT molecular complexity index is 493. The summed E-state index contributed by atoms with van der Waals surface area (Å²) >= 11 is 3.51. The van der Waals surface area contributed by atoms with E-state index in [0.717, 1.165) is 42.3 Å². The normalized spacial score (nSPS) is 21.4. The average Bonchev–Trinajstić information content (AvgIpc) is 2.51. The van der Waals surface area contributed by atoms with Gasteiger partial charge in [0.1, 0.15) is 5.75 Å². The highest BCUT2D eigenvalue weighted by Gasteiger charge is 2.23. The van der Waals surface area contributed by atoms with Crippen molar-refractivity contribution in [2.45, 2.75) is 58.5 Å². The van der Waals surface area contributed by atoms with Gasteiger partial charge in [-0.1, -0.05) is 15.9 Å². The Balaban J connectivity index is 1.72. The number of benzene rings is 1. The van der Waals surface area contributed by atoms with Crippen molar-refractivity contribution < 1.29 is 14.3 Å². The Hall–Kier alpha value is -1.03. The van der Waals surface area contributed by atoms with E-state index in [1.54, 1.807) is 0 Å². The molecule has 4 heteroatoms. The van der Waals surface area contributed by atoms with Crippen molar-refractivity contribution in [1.82, 2.24) is 0 Å². The first-order valence-electron chi connectivity index (χ1n) is 8.17. The van der Waals surface area contributed by atoms with E-state index in [9.17, 15) is 4.79 Å². The number of ether oxygens (including phenoxy) is 2. The van der Waals surface area contributed by atoms with Gasteiger partial charge in [-0.05, 0) is 75.6 Å². The molecule has 2 rings (SSSR count). The summed E-state index contributed by atoms with van der Waals surface area (Å²) in [5.74, 6) is 1.53. The quantitative estimate of drug-likeness (QED) is 0.659. The van der Waals surface area contributed by atoms with E-state index in [4.69, 9.17) is 9.47 Å². The molecule has 0 saturated heterocycles. The molecule has 0 amide bonds. The summed E-state index contributed by atoms with van der Waals surface area (Å²) in [5.41, 5.74) is 1.20. The molecule has 1 aliphatic carbocycles. The largest absolute Gasteiger partial charge is 0.490 e. The van der Waals surface area contributed by atoms with Crippen LogP contribution in [0.2, 0.25) is 0 Å². The predicted octanol–water partition coefficient (Wildman–Crippen LogP) is 5.04. The maximum Gasteiger partial charge on any atom is 0.305 e. The van der Waals surface area contributed by atoms with Crippen LogP contribution in [0.3, 0.4) is 0 Å². The van der Waals surface area contributed by atoms with Crippen LogP contribution in [-0.4, -0.2) is 18.7 Å². The third kappa shape index (κ3) is 5.31. The Labute approximate surface area is 141 Å². The summed E-state index contributed by atoms with van der Waals surface area (Å²) < 4.78 is 12.2. The molecule has 1 aromatic rings. The Kier molecular flexibility index (Phi) is 6.74. The first kappa shape index (κ1) is 17.3. The number of rotatable bonds is 6. The van der Waals surface area contributed by atoms with Crippen molar-refractivity contribution in [2.75, 3.05) is 6.61 Å². The molecule has 122 valence electrons. The molecule has 3 nitrogen and oxygen atoms in total. The molecule has 1 aromatic carbocycles. The maximum absolute atomic E-state index is 11.4. The Morgan fingerprint density at radius 1 is 1.27 bits per heavy atom. The van der Waals surface area contributed by atoms with Crippen molar-refractivity contribution in [2.24, 2.45) is 5.92 Å². The molecule has 0 aromatic heterocycles. The van der Waals surface area contributed by atoms with Crippen molar-refractivity contribution in [1.29, 1.82) is 0 Å². The van der Waals surface area contributed by atoms with Gasteiger partial charge in [-0.15, -0.1) is 0 Å². The zero-order chi connectivity index (χ0) is 15.9. The zero-order valence-electron chi connectivity index (χ0n) is 13.4. The molecule has 0 radical (unpaired) electrons. The fourth-order valence-corrected chi connectivity index (χ4v) is 3.22. The fraction of sp³-hybridized carbons (Fsp3) is 0.611. The molecule has 0 heterocycles. The summed E-state index contributed by atoms with van der Waals surface area (Å²) in [6, 6.07) is 6.14. The molecule has 0 spiro atoms. The van der Waals surface area contributed by atoms with E-state index in [0.29, 0.717) is 25.0 Å². The van der Waals surface area contributed by atoms with Crippen LogP contribution in [0.5, 0.6) is 5.75 Å². The second-order valence-electron chi connectivity index (χ2n) is 6.02. The van der Waals surface area contributed by atoms with Gasteiger partial charge in [0.05, 0.1) is 12.7 Å². The van der Waals surface area contributed by atoms with Crippen molar-refractivity contribution in [3.8, 4) is 5.75 Å². The van der Waals surface area contributed by atoms with Crippen LogP contribution in [0.15, 0.2) is 22.7 Å². The van der Waals surface area contributed by atoms with Gasteiger partial charge in [-0.2, -0.15) is 0 Å². The minimum absolute atomic E-state index is 0.0637. The smallest absolute Gasteiger partial charge is 0.305 e. The Morgan fingerprint density at radius 2 is 2.00 bits per heavy atom. The van der Waals surface area contributed by atoms with E-state index >= 15 is 0 Å². The van der Waals surface area contributed by atoms with Gasteiger partial charge >= 0.3 is 5.97 Å². The van der Waals surface area contributed by atoms with E-state index in [1.807, 2.05) is 19.1 Å². The standard InChI is InChI=1S/C18H25BrO3/c1-3-21-18(20)11-6-14-4-7-15(8-5-14)22-16-9-10-17(19)13(2)12-16/h9-10,12,14-15H,3-8,11H2,1-2H3. The average molecular weight is 369 g/mol. The minimum Gasteiger partial charge on any atom is -0.490 e. The molecule has 0 aliphatic heterocycles. The van der Waals surface area contributed by atoms with Crippen LogP contribution in [0.1, 0.15) is 51.0 Å². The highest BCUT2D eigenvalue weighted by Crippen LogP contribution is 2.31. The third-order valence-electron chi connectivity index (χ3n) is 4.29. The highest BCUT2D eigenvalue weighted by atomic mass is 79.9. The first-order chi connectivity index (χ1) is 10.6. The van der Waals surface area contributed by atoms with Crippen LogP contribution in [-0.2, 0) is 9.53 Å². The topological polar surface area (TPSA) is 35.5 Å². The van der Waals surface area contributed by atoms with Gasteiger partial charge in [0.25, 0.3) is 0 Å². The summed E-state index contributed by atoms with van der Waals surface area (Å²) in [6.07, 6.45) is 6.22. The lowest BCUT2D eigenvalue weighted by atomic mass is 9.84. The van der Waals surface area contributed by atoms with Gasteiger partial charge in [-0.3, -0.25) is 4.79 Å².